The van der Waals surface area contributed by atoms with Crippen LogP contribution >= 0.6 is 0 Å². The molecule has 1 fully saturated rings. The third-order valence-corrected chi connectivity index (χ3v) is 5.47. The van der Waals surface area contributed by atoms with Crippen LogP contribution in [0.1, 0.15) is 51.4 Å². The molecule has 2 aromatic heterocycles. The molecule has 2 heterocycles. The summed E-state index contributed by atoms with van der Waals surface area (Å²) in [5.41, 5.74) is 1.89. The number of hydrogen-bond donors (Lipinski definition) is 1. The number of nitrogens with zero attached hydrogens (tertiary/aromatic N) is 3. The molecule has 126 valence electrons. The molecule has 0 radical (unpaired) electrons. The van der Waals surface area contributed by atoms with Crippen LogP contribution in [0.25, 0.3) is 11.0 Å². The van der Waals surface area contributed by atoms with Crippen molar-refractivity contribution in [2.24, 2.45) is 11.8 Å². The van der Waals surface area contributed by atoms with Crippen molar-refractivity contribution >= 4 is 11.0 Å². The quantitative estimate of drug-likeness (QED) is 0.939. The Hall–Kier alpha value is -2.17. The van der Waals surface area contributed by atoms with E-state index >= 15 is 0 Å². The number of allylic oxidation sites excluding steroid dienone is 4. The molecule has 0 aliphatic heterocycles. The first-order valence-electron chi connectivity index (χ1n) is 8.95. The van der Waals surface area contributed by atoms with Gasteiger partial charge in [-0.15, -0.1) is 0 Å². The molecule has 5 nitrogen and oxygen atoms in total. The Bertz CT molecular complexity index is 867. The molecule has 24 heavy (non-hydrogen) atoms. The summed E-state index contributed by atoms with van der Waals surface area (Å²) in [6, 6.07) is 0.126. The zero-order valence-corrected chi connectivity index (χ0v) is 14.3. The molecule has 4 rings (SSSR count). The third kappa shape index (κ3) is 2.62. The van der Waals surface area contributed by atoms with E-state index in [2.05, 4.69) is 42.2 Å². The van der Waals surface area contributed by atoms with Gasteiger partial charge in [0.1, 0.15) is 11.2 Å². The molecule has 5 heteroatoms. The second kappa shape index (κ2) is 6.04. The summed E-state index contributed by atoms with van der Waals surface area (Å²) in [5.74, 6) is 1.79. The maximum atomic E-state index is 12.5. The van der Waals surface area contributed by atoms with E-state index in [0.29, 0.717) is 22.9 Å². The predicted octanol–water partition coefficient (Wildman–Crippen LogP) is 3.55. The zero-order valence-electron chi connectivity index (χ0n) is 14.3. The first-order valence-corrected chi connectivity index (χ1v) is 8.95. The van der Waals surface area contributed by atoms with Gasteiger partial charge in [0.2, 0.25) is 0 Å². The van der Waals surface area contributed by atoms with Crippen LogP contribution in [0.4, 0.5) is 0 Å². The number of aromatic nitrogens is 4. The van der Waals surface area contributed by atoms with E-state index in [-0.39, 0.29) is 11.6 Å². The molecule has 2 unspecified atom stereocenters. The fraction of sp³-hybridized carbons (Fsp3) is 0.526. The van der Waals surface area contributed by atoms with Gasteiger partial charge in [0.15, 0.2) is 5.65 Å². The topological polar surface area (TPSA) is 63.6 Å². The van der Waals surface area contributed by atoms with Gasteiger partial charge in [-0.3, -0.25) is 4.79 Å². The summed E-state index contributed by atoms with van der Waals surface area (Å²) in [4.78, 5) is 20.2. The number of H-pyrrole nitrogens is 1. The summed E-state index contributed by atoms with van der Waals surface area (Å²) < 4.78 is 1.93. The van der Waals surface area contributed by atoms with Gasteiger partial charge in [0.05, 0.1) is 12.2 Å². The lowest BCUT2D eigenvalue weighted by atomic mass is 9.91. The highest BCUT2D eigenvalue weighted by Gasteiger charge is 2.25. The molecule has 0 saturated heterocycles. The van der Waals surface area contributed by atoms with Crippen LogP contribution in [0.2, 0.25) is 0 Å². The highest BCUT2D eigenvalue weighted by molar-refractivity contribution is 5.73. The van der Waals surface area contributed by atoms with Crippen LogP contribution in [0, 0.1) is 11.8 Å². The van der Waals surface area contributed by atoms with Crippen molar-refractivity contribution in [3.63, 3.8) is 0 Å². The minimum Gasteiger partial charge on any atom is -0.310 e. The normalized spacial score (nSPS) is 24.7. The molecule has 0 amide bonds. The summed E-state index contributed by atoms with van der Waals surface area (Å²) in [5, 5.41) is 5.10. The molecule has 2 atom stereocenters. The highest BCUT2D eigenvalue weighted by atomic mass is 16.1. The lowest BCUT2D eigenvalue weighted by Gasteiger charge is -2.26. The number of fused-ring (bicyclic) bond motifs is 1. The molecule has 2 aliphatic rings. The van der Waals surface area contributed by atoms with Crippen LogP contribution in [-0.4, -0.2) is 19.7 Å². The fourth-order valence-electron chi connectivity index (χ4n) is 4.19. The van der Waals surface area contributed by atoms with E-state index in [4.69, 9.17) is 4.98 Å². The van der Waals surface area contributed by atoms with Gasteiger partial charge >= 0.3 is 0 Å². The van der Waals surface area contributed by atoms with Crippen molar-refractivity contribution in [2.75, 3.05) is 0 Å². The Morgan fingerprint density at radius 2 is 2.12 bits per heavy atom. The molecule has 0 aromatic carbocycles. The van der Waals surface area contributed by atoms with Gasteiger partial charge in [0, 0.05) is 12.3 Å². The van der Waals surface area contributed by atoms with Gasteiger partial charge in [-0.25, -0.2) is 9.67 Å². The molecule has 1 N–H and O–H groups in total. The van der Waals surface area contributed by atoms with Gasteiger partial charge < -0.3 is 4.98 Å². The lowest BCUT2D eigenvalue weighted by Crippen LogP contribution is -2.22. The smallest absolute Gasteiger partial charge is 0.262 e. The maximum Gasteiger partial charge on any atom is 0.262 e. The minimum atomic E-state index is -0.0696. The standard InChI is InChI=1S/C19H24N4O/c1-12-6-5-7-13(2)17(12)23-18-15(11-20-23)19(24)22-16(21-18)10-14-8-3-4-9-14/h5-7,11-12,14,17H,3-4,8-10H2,1-2H3,(H,21,22,24). The predicted molar refractivity (Wildman–Crippen MR) is 94.9 cm³/mol. The van der Waals surface area contributed by atoms with Crippen molar-refractivity contribution in [3.05, 3.63) is 46.2 Å². The molecule has 0 bridgehead atoms. The number of hydrogen-bond acceptors (Lipinski definition) is 3. The van der Waals surface area contributed by atoms with Gasteiger partial charge in [-0.05, 0) is 18.4 Å². The number of rotatable bonds is 3. The first-order chi connectivity index (χ1) is 11.6. The van der Waals surface area contributed by atoms with E-state index in [1.54, 1.807) is 6.20 Å². The van der Waals surface area contributed by atoms with Gasteiger partial charge in [-0.1, -0.05) is 50.8 Å². The van der Waals surface area contributed by atoms with Crippen molar-refractivity contribution < 1.29 is 0 Å². The van der Waals surface area contributed by atoms with Crippen molar-refractivity contribution in [1.29, 1.82) is 0 Å². The van der Waals surface area contributed by atoms with Crippen LogP contribution in [0.3, 0.4) is 0 Å². The second-order valence-electron chi connectivity index (χ2n) is 7.29. The van der Waals surface area contributed by atoms with Crippen molar-refractivity contribution in [2.45, 2.75) is 52.0 Å². The Labute approximate surface area is 141 Å². The van der Waals surface area contributed by atoms with Crippen LogP contribution in [-0.2, 0) is 6.42 Å². The molecule has 2 aromatic rings. The van der Waals surface area contributed by atoms with E-state index < -0.39 is 0 Å². The summed E-state index contributed by atoms with van der Waals surface area (Å²) in [6.45, 7) is 4.29. The van der Waals surface area contributed by atoms with E-state index in [9.17, 15) is 4.79 Å². The Balaban J connectivity index is 1.76. The average molecular weight is 324 g/mol. The molecular weight excluding hydrogens is 300 g/mol. The minimum absolute atomic E-state index is 0.0696. The fourth-order valence-corrected chi connectivity index (χ4v) is 4.19. The van der Waals surface area contributed by atoms with Gasteiger partial charge in [-0.2, -0.15) is 5.10 Å². The van der Waals surface area contributed by atoms with E-state index in [1.165, 1.54) is 31.3 Å². The van der Waals surface area contributed by atoms with Crippen LogP contribution in [0.5, 0.6) is 0 Å². The maximum absolute atomic E-state index is 12.5. The molecule has 2 aliphatic carbocycles. The molecule has 0 spiro atoms. The zero-order chi connectivity index (χ0) is 16.7. The van der Waals surface area contributed by atoms with Crippen molar-refractivity contribution in [3.8, 4) is 0 Å². The summed E-state index contributed by atoms with van der Waals surface area (Å²) in [7, 11) is 0. The van der Waals surface area contributed by atoms with E-state index in [0.717, 1.165) is 12.2 Å². The SMILES string of the molecule is CC1=CC=CC(C)C1n1ncc2c(=O)[nH]c(CC3CCCC3)nc21. The Kier molecular flexibility index (Phi) is 3.87. The lowest BCUT2D eigenvalue weighted by molar-refractivity contribution is 0.431. The van der Waals surface area contributed by atoms with Crippen LogP contribution < -0.4 is 5.56 Å². The van der Waals surface area contributed by atoms with Gasteiger partial charge in [0.25, 0.3) is 5.56 Å². The first kappa shape index (κ1) is 15.4. The molecular formula is C19H24N4O. The second-order valence-corrected chi connectivity index (χ2v) is 7.29. The summed E-state index contributed by atoms with van der Waals surface area (Å²) >= 11 is 0. The Morgan fingerprint density at radius 1 is 1.33 bits per heavy atom. The monoisotopic (exact) mass is 324 g/mol. The summed E-state index contributed by atoms with van der Waals surface area (Å²) in [6.07, 6.45) is 14.0. The average Bonchev–Trinajstić information content (AvgIpc) is 3.18. The number of nitrogens with one attached hydrogen (secondary N) is 1. The van der Waals surface area contributed by atoms with E-state index in [1.807, 2.05) is 4.68 Å². The highest BCUT2D eigenvalue weighted by Crippen LogP contribution is 2.32. The van der Waals surface area contributed by atoms with Crippen LogP contribution in [0.15, 0.2) is 34.8 Å². The third-order valence-electron chi connectivity index (χ3n) is 5.47. The number of aromatic amines is 1. The molecule has 1 saturated carbocycles. The van der Waals surface area contributed by atoms with Crippen molar-refractivity contribution in [1.82, 2.24) is 19.7 Å². The largest absolute Gasteiger partial charge is 0.310 e. The Morgan fingerprint density at radius 3 is 2.88 bits per heavy atom.